The Hall–Kier alpha value is 0.350. The molecule has 3 nitrogen and oxygen atoms in total. The smallest absolute Gasteiger partial charge is 0.157 e. The monoisotopic (exact) mass is 450 g/mol. The molecule has 0 amide bonds. The summed E-state index contributed by atoms with van der Waals surface area (Å²) < 4.78 is 18.3. The molecule has 0 aliphatic carbocycles. The molecule has 0 aromatic carbocycles. The van der Waals surface area contributed by atoms with Gasteiger partial charge >= 0.3 is 0 Å². The highest BCUT2D eigenvalue weighted by molar-refractivity contribution is 14.1. The Labute approximate surface area is 162 Å². The van der Waals surface area contributed by atoms with Crippen LogP contribution in [0.2, 0.25) is 0 Å². The fourth-order valence-corrected chi connectivity index (χ4v) is 3.94. The van der Waals surface area contributed by atoms with E-state index in [1.54, 1.807) is 0 Å². The van der Waals surface area contributed by atoms with Crippen LogP contribution in [0.5, 0.6) is 0 Å². The Balaban J connectivity index is 1.64. The lowest BCUT2D eigenvalue weighted by molar-refractivity contribution is -0.184. The zero-order chi connectivity index (χ0) is 17.5. The standard InChI is InChI=1S/C20H35IO3/c1-14(12-15(2)17(4)21)6-8-19-16(3)13-18(24-19)7-9-20-22-10-5-11-23-20/h14-15,17-20H,3,5-13H2,1-2,4H3/t14-,15-,17?,18-,19-/m0/s1. The van der Waals surface area contributed by atoms with Crippen LogP contribution in [-0.2, 0) is 14.2 Å². The SMILES string of the molecule is C=C1C[C@H](CCC2OCCCO2)O[C@H]1CC[C@H](C)C[C@H](C)C(C)I. The number of hydrogen-bond donors (Lipinski definition) is 0. The third-order valence-electron chi connectivity index (χ3n) is 5.40. The molecule has 2 heterocycles. The maximum absolute atomic E-state index is 6.26. The van der Waals surface area contributed by atoms with E-state index in [9.17, 15) is 0 Å². The van der Waals surface area contributed by atoms with Gasteiger partial charge in [-0.25, -0.2) is 0 Å². The molecular formula is C20H35IO3. The first-order valence-electron chi connectivity index (χ1n) is 9.66. The van der Waals surface area contributed by atoms with E-state index in [0.717, 1.165) is 61.1 Å². The highest BCUT2D eigenvalue weighted by atomic mass is 127. The summed E-state index contributed by atoms with van der Waals surface area (Å²) in [6, 6.07) is 0. The Bertz CT molecular complexity index is 379. The molecular weight excluding hydrogens is 415 g/mol. The molecule has 2 aliphatic heterocycles. The first-order valence-corrected chi connectivity index (χ1v) is 10.9. The van der Waals surface area contributed by atoms with Gasteiger partial charge in [-0.15, -0.1) is 0 Å². The van der Waals surface area contributed by atoms with Gasteiger partial charge in [0.2, 0.25) is 0 Å². The lowest BCUT2D eigenvalue weighted by atomic mass is 9.90. The van der Waals surface area contributed by atoms with Crippen molar-refractivity contribution in [3.8, 4) is 0 Å². The second-order valence-electron chi connectivity index (χ2n) is 7.78. The van der Waals surface area contributed by atoms with Gasteiger partial charge in [-0.2, -0.15) is 0 Å². The highest BCUT2D eigenvalue weighted by Gasteiger charge is 2.29. The topological polar surface area (TPSA) is 27.7 Å². The van der Waals surface area contributed by atoms with Gasteiger partial charge in [0.15, 0.2) is 6.29 Å². The number of rotatable bonds is 9. The molecule has 1 unspecified atom stereocenters. The van der Waals surface area contributed by atoms with Gasteiger partial charge in [0.05, 0.1) is 25.4 Å². The zero-order valence-corrected chi connectivity index (χ0v) is 17.8. The molecule has 140 valence electrons. The molecule has 0 bridgehead atoms. The van der Waals surface area contributed by atoms with E-state index >= 15 is 0 Å². The van der Waals surface area contributed by atoms with Crippen molar-refractivity contribution in [2.24, 2.45) is 11.8 Å². The van der Waals surface area contributed by atoms with E-state index in [4.69, 9.17) is 14.2 Å². The van der Waals surface area contributed by atoms with Crippen molar-refractivity contribution in [2.45, 2.75) is 88.1 Å². The molecule has 2 aliphatic rings. The van der Waals surface area contributed by atoms with E-state index in [-0.39, 0.29) is 12.4 Å². The van der Waals surface area contributed by atoms with Crippen molar-refractivity contribution in [2.75, 3.05) is 13.2 Å². The summed E-state index contributed by atoms with van der Waals surface area (Å²) in [7, 11) is 0. The third-order valence-corrected chi connectivity index (χ3v) is 6.63. The Morgan fingerprint density at radius 3 is 2.50 bits per heavy atom. The Morgan fingerprint density at radius 1 is 1.12 bits per heavy atom. The number of ether oxygens (including phenoxy) is 3. The molecule has 0 spiro atoms. The van der Waals surface area contributed by atoms with Crippen LogP contribution in [-0.4, -0.2) is 35.6 Å². The van der Waals surface area contributed by atoms with Crippen molar-refractivity contribution in [1.29, 1.82) is 0 Å². The summed E-state index contributed by atoms with van der Waals surface area (Å²) in [5.74, 6) is 1.55. The quantitative estimate of drug-likeness (QED) is 0.264. The highest BCUT2D eigenvalue weighted by Crippen LogP contribution is 2.32. The van der Waals surface area contributed by atoms with Crippen LogP contribution in [0.3, 0.4) is 0 Å². The maximum atomic E-state index is 6.26. The van der Waals surface area contributed by atoms with Crippen LogP contribution < -0.4 is 0 Å². The van der Waals surface area contributed by atoms with Crippen molar-refractivity contribution < 1.29 is 14.2 Å². The van der Waals surface area contributed by atoms with Gasteiger partial charge in [-0.05, 0) is 55.9 Å². The predicted octanol–water partition coefficient (Wildman–Crippen LogP) is 5.51. The minimum absolute atomic E-state index is 0.0218. The largest absolute Gasteiger partial charge is 0.370 e. The minimum atomic E-state index is -0.0218. The van der Waals surface area contributed by atoms with Gasteiger partial charge in [0.1, 0.15) is 0 Å². The van der Waals surface area contributed by atoms with Crippen molar-refractivity contribution in [3.63, 3.8) is 0 Å². The lowest BCUT2D eigenvalue weighted by Crippen LogP contribution is -2.26. The van der Waals surface area contributed by atoms with Gasteiger partial charge in [-0.3, -0.25) is 0 Å². The first-order chi connectivity index (χ1) is 11.5. The number of halogens is 1. The van der Waals surface area contributed by atoms with Crippen LogP contribution in [0.25, 0.3) is 0 Å². The maximum Gasteiger partial charge on any atom is 0.157 e. The van der Waals surface area contributed by atoms with Crippen molar-refractivity contribution >= 4 is 22.6 Å². The van der Waals surface area contributed by atoms with E-state index in [0.29, 0.717) is 6.10 Å². The van der Waals surface area contributed by atoms with E-state index in [2.05, 4.69) is 49.9 Å². The number of hydrogen-bond acceptors (Lipinski definition) is 3. The average Bonchev–Trinajstić information content (AvgIpc) is 2.92. The molecule has 0 aromatic heterocycles. The Morgan fingerprint density at radius 2 is 1.83 bits per heavy atom. The molecule has 2 saturated heterocycles. The summed E-state index contributed by atoms with van der Waals surface area (Å²) >= 11 is 2.54. The molecule has 0 N–H and O–H groups in total. The second kappa shape index (κ2) is 10.5. The van der Waals surface area contributed by atoms with Crippen LogP contribution in [0.1, 0.15) is 65.7 Å². The number of alkyl halides is 1. The first kappa shape index (κ1) is 20.7. The van der Waals surface area contributed by atoms with Crippen LogP contribution in [0.4, 0.5) is 0 Å². The fourth-order valence-electron chi connectivity index (χ4n) is 3.64. The summed E-state index contributed by atoms with van der Waals surface area (Å²) in [4.78, 5) is 0. The van der Waals surface area contributed by atoms with Crippen LogP contribution >= 0.6 is 22.6 Å². The third kappa shape index (κ3) is 6.93. The van der Waals surface area contributed by atoms with Gasteiger partial charge in [0.25, 0.3) is 0 Å². The van der Waals surface area contributed by atoms with Crippen molar-refractivity contribution in [1.82, 2.24) is 0 Å². The summed E-state index contributed by atoms with van der Waals surface area (Å²) in [5.41, 5.74) is 1.29. The minimum Gasteiger partial charge on any atom is -0.370 e. The second-order valence-corrected chi connectivity index (χ2v) is 9.75. The Kier molecular flexibility index (Phi) is 9.03. The zero-order valence-electron chi connectivity index (χ0n) is 15.6. The van der Waals surface area contributed by atoms with E-state index < -0.39 is 0 Å². The molecule has 0 radical (unpaired) electrons. The average molecular weight is 450 g/mol. The van der Waals surface area contributed by atoms with Crippen molar-refractivity contribution in [3.05, 3.63) is 12.2 Å². The molecule has 0 saturated carbocycles. The molecule has 0 aromatic rings. The summed E-state index contributed by atoms with van der Waals surface area (Å²) in [5, 5.41) is 0. The molecule has 2 fully saturated rings. The van der Waals surface area contributed by atoms with Gasteiger partial charge in [0, 0.05) is 10.3 Å². The van der Waals surface area contributed by atoms with E-state index in [1.165, 1.54) is 18.4 Å². The van der Waals surface area contributed by atoms with Gasteiger partial charge in [-0.1, -0.05) is 49.9 Å². The fraction of sp³-hybridized carbons (Fsp3) is 0.900. The van der Waals surface area contributed by atoms with Crippen LogP contribution in [0.15, 0.2) is 12.2 Å². The molecule has 4 heteroatoms. The molecule has 5 atom stereocenters. The predicted molar refractivity (Wildman–Crippen MR) is 108 cm³/mol. The normalized spacial score (nSPS) is 29.6. The summed E-state index contributed by atoms with van der Waals surface area (Å²) in [6.07, 6.45) is 8.18. The van der Waals surface area contributed by atoms with Crippen LogP contribution in [0, 0.1) is 11.8 Å². The molecule has 24 heavy (non-hydrogen) atoms. The van der Waals surface area contributed by atoms with E-state index in [1.807, 2.05) is 0 Å². The molecule has 2 rings (SSSR count). The lowest BCUT2D eigenvalue weighted by Gasteiger charge is -2.24. The summed E-state index contributed by atoms with van der Waals surface area (Å²) in [6.45, 7) is 13.0. The van der Waals surface area contributed by atoms with Gasteiger partial charge < -0.3 is 14.2 Å².